The van der Waals surface area contributed by atoms with Gasteiger partial charge in [0.05, 0.1) is 23.1 Å². The van der Waals surface area contributed by atoms with Gasteiger partial charge >= 0.3 is 0 Å². The smallest absolute Gasteiger partial charge is 0.262 e. The third-order valence-electron chi connectivity index (χ3n) is 5.09. The third-order valence-corrected chi connectivity index (χ3v) is 7.41. The number of hydrogen-bond acceptors (Lipinski definition) is 6. The standard InChI is InChI=1S/C23H17ClN4O2S2/c1-14-12-31-23-25-16(10-20(29)28(14)23)13-32-22-26-19-9-5-3-7-17(19)21(30)27(22)11-15-6-2-4-8-18(15)24/h2-10,12H,11,13H2,1H3. The highest BCUT2D eigenvalue weighted by molar-refractivity contribution is 7.98. The molecule has 0 bridgehead atoms. The van der Waals surface area contributed by atoms with E-state index in [1.54, 1.807) is 21.1 Å². The molecular formula is C23H17ClN4O2S2. The molecule has 0 fully saturated rings. The SMILES string of the molecule is Cc1csc2nc(CSc3nc4ccccc4c(=O)n3Cc3ccccc3Cl)cc(=O)n12. The van der Waals surface area contributed by atoms with Gasteiger partial charge in [-0.2, -0.15) is 0 Å². The molecule has 0 amide bonds. The Labute approximate surface area is 196 Å². The van der Waals surface area contributed by atoms with Crippen LogP contribution in [0, 0.1) is 6.92 Å². The molecule has 0 saturated carbocycles. The molecule has 160 valence electrons. The van der Waals surface area contributed by atoms with E-state index in [0.717, 1.165) is 11.3 Å². The number of aromatic nitrogens is 4. The van der Waals surface area contributed by atoms with Gasteiger partial charge in [0.2, 0.25) is 0 Å². The highest BCUT2D eigenvalue weighted by Crippen LogP contribution is 2.24. The Kier molecular flexibility index (Phi) is 5.58. The fourth-order valence-electron chi connectivity index (χ4n) is 3.51. The van der Waals surface area contributed by atoms with Crippen molar-refractivity contribution >= 4 is 50.6 Å². The Morgan fingerprint density at radius 3 is 2.69 bits per heavy atom. The number of para-hydroxylation sites is 1. The van der Waals surface area contributed by atoms with Crippen molar-refractivity contribution in [2.45, 2.75) is 24.4 Å². The molecule has 0 aliphatic heterocycles. The molecular weight excluding hydrogens is 464 g/mol. The number of thiazole rings is 1. The van der Waals surface area contributed by atoms with Crippen molar-refractivity contribution in [3.05, 3.63) is 103 Å². The number of hydrogen-bond donors (Lipinski definition) is 0. The first-order valence-corrected chi connectivity index (χ1v) is 12.1. The minimum absolute atomic E-state index is 0.107. The molecule has 2 aromatic carbocycles. The normalized spacial score (nSPS) is 11.4. The fourth-order valence-corrected chi connectivity index (χ4v) is 5.48. The molecule has 5 rings (SSSR count). The van der Waals surface area contributed by atoms with E-state index in [2.05, 4.69) is 4.98 Å². The zero-order chi connectivity index (χ0) is 22.2. The quantitative estimate of drug-likeness (QED) is 0.268. The molecule has 0 aliphatic carbocycles. The van der Waals surface area contributed by atoms with E-state index in [0.29, 0.717) is 44.0 Å². The maximum absolute atomic E-state index is 13.3. The van der Waals surface area contributed by atoms with Crippen LogP contribution >= 0.6 is 34.7 Å². The topological polar surface area (TPSA) is 69.3 Å². The van der Waals surface area contributed by atoms with Crippen LogP contribution in [0.2, 0.25) is 5.02 Å². The maximum Gasteiger partial charge on any atom is 0.262 e. The largest absolute Gasteiger partial charge is 0.283 e. The Bertz CT molecular complexity index is 1590. The molecule has 0 saturated heterocycles. The van der Waals surface area contributed by atoms with Crippen LogP contribution in [0.4, 0.5) is 0 Å². The van der Waals surface area contributed by atoms with Crippen LogP contribution in [0.5, 0.6) is 0 Å². The number of halogens is 1. The van der Waals surface area contributed by atoms with E-state index >= 15 is 0 Å². The number of rotatable bonds is 5. The number of thioether (sulfide) groups is 1. The molecule has 9 heteroatoms. The van der Waals surface area contributed by atoms with E-state index in [4.69, 9.17) is 16.6 Å². The first-order chi connectivity index (χ1) is 15.5. The lowest BCUT2D eigenvalue weighted by Crippen LogP contribution is -2.24. The van der Waals surface area contributed by atoms with Crippen molar-refractivity contribution in [1.29, 1.82) is 0 Å². The van der Waals surface area contributed by atoms with Crippen LogP contribution in [0.25, 0.3) is 15.9 Å². The van der Waals surface area contributed by atoms with E-state index < -0.39 is 0 Å². The zero-order valence-corrected chi connectivity index (χ0v) is 19.4. The van der Waals surface area contributed by atoms with Crippen LogP contribution in [0.3, 0.4) is 0 Å². The van der Waals surface area contributed by atoms with Gasteiger partial charge in [-0.1, -0.05) is 53.7 Å². The monoisotopic (exact) mass is 480 g/mol. The highest BCUT2D eigenvalue weighted by atomic mass is 35.5. The second kappa shape index (κ2) is 8.54. The lowest BCUT2D eigenvalue weighted by molar-refractivity contribution is 0.658. The number of fused-ring (bicyclic) bond motifs is 2. The van der Waals surface area contributed by atoms with Crippen LogP contribution in [-0.2, 0) is 12.3 Å². The molecule has 0 atom stereocenters. The number of benzene rings is 2. The van der Waals surface area contributed by atoms with Crippen LogP contribution in [0.15, 0.2) is 74.7 Å². The van der Waals surface area contributed by atoms with E-state index in [-0.39, 0.29) is 11.1 Å². The van der Waals surface area contributed by atoms with Crippen molar-refractivity contribution in [2.75, 3.05) is 0 Å². The summed E-state index contributed by atoms with van der Waals surface area (Å²) in [6, 6.07) is 16.3. The van der Waals surface area contributed by atoms with Gasteiger partial charge in [0.15, 0.2) is 10.1 Å². The predicted octanol–water partition coefficient (Wildman–Crippen LogP) is 4.77. The molecule has 32 heavy (non-hydrogen) atoms. The highest BCUT2D eigenvalue weighted by Gasteiger charge is 2.14. The average molecular weight is 481 g/mol. The van der Waals surface area contributed by atoms with Gasteiger partial charge in [-0.15, -0.1) is 11.3 Å². The molecule has 0 N–H and O–H groups in total. The van der Waals surface area contributed by atoms with Crippen molar-refractivity contribution in [2.24, 2.45) is 0 Å². The minimum Gasteiger partial charge on any atom is -0.283 e. The van der Waals surface area contributed by atoms with E-state index in [1.165, 1.54) is 29.2 Å². The Morgan fingerprint density at radius 1 is 1.06 bits per heavy atom. The van der Waals surface area contributed by atoms with Gasteiger partial charge in [0, 0.05) is 27.9 Å². The van der Waals surface area contributed by atoms with Crippen molar-refractivity contribution in [1.82, 2.24) is 18.9 Å². The van der Waals surface area contributed by atoms with Crippen LogP contribution in [-0.4, -0.2) is 18.9 Å². The van der Waals surface area contributed by atoms with Gasteiger partial charge in [-0.25, -0.2) is 9.97 Å². The number of aryl methyl sites for hydroxylation is 1. The summed E-state index contributed by atoms with van der Waals surface area (Å²) in [5.74, 6) is 0.413. The predicted molar refractivity (Wildman–Crippen MR) is 130 cm³/mol. The molecule has 3 heterocycles. The second-order valence-corrected chi connectivity index (χ2v) is 9.45. The van der Waals surface area contributed by atoms with Gasteiger partial charge < -0.3 is 0 Å². The molecule has 6 nitrogen and oxygen atoms in total. The molecule has 0 radical (unpaired) electrons. The van der Waals surface area contributed by atoms with Crippen LogP contribution < -0.4 is 11.1 Å². The fraction of sp³-hybridized carbons (Fsp3) is 0.130. The molecule has 0 spiro atoms. The first kappa shape index (κ1) is 20.9. The molecule has 3 aromatic heterocycles. The van der Waals surface area contributed by atoms with E-state index in [9.17, 15) is 9.59 Å². The second-order valence-electron chi connectivity index (χ2n) is 7.26. The summed E-state index contributed by atoms with van der Waals surface area (Å²) < 4.78 is 3.23. The van der Waals surface area contributed by atoms with Gasteiger partial charge in [0.25, 0.3) is 11.1 Å². The summed E-state index contributed by atoms with van der Waals surface area (Å²) in [4.78, 5) is 35.8. The molecule has 0 aliphatic rings. The zero-order valence-electron chi connectivity index (χ0n) is 17.0. The van der Waals surface area contributed by atoms with Gasteiger partial charge in [-0.05, 0) is 30.7 Å². The Balaban J connectivity index is 1.56. The first-order valence-electron chi connectivity index (χ1n) is 9.84. The van der Waals surface area contributed by atoms with Crippen molar-refractivity contribution in [3.8, 4) is 0 Å². The lowest BCUT2D eigenvalue weighted by Gasteiger charge is -2.14. The van der Waals surface area contributed by atoms with Crippen molar-refractivity contribution < 1.29 is 0 Å². The third kappa shape index (κ3) is 3.85. The van der Waals surface area contributed by atoms with Gasteiger partial charge in [0.1, 0.15) is 0 Å². The summed E-state index contributed by atoms with van der Waals surface area (Å²) >= 11 is 9.17. The van der Waals surface area contributed by atoms with Crippen molar-refractivity contribution in [3.63, 3.8) is 0 Å². The maximum atomic E-state index is 13.3. The molecule has 5 aromatic rings. The van der Waals surface area contributed by atoms with Gasteiger partial charge in [-0.3, -0.25) is 18.6 Å². The summed E-state index contributed by atoms with van der Waals surface area (Å²) in [6.45, 7) is 2.19. The molecule has 0 unspecified atom stereocenters. The van der Waals surface area contributed by atoms with E-state index in [1.807, 2.05) is 48.7 Å². The summed E-state index contributed by atoms with van der Waals surface area (Å²) in [6.07, 6.45) is 0. The average Bonchev–Trinajstić information content (AvgIpc) is 3.17. The Morgan fingerprint density at radius 2 is 1.84 bits per heavy atom. The number of nitrogens with zero attached hydrogens (tertiary/aromatic N) is 4. The summed E-state index contributed by atoms with van der Waals surface area (Å²) in [5, 5.41) is 3.61. The summed E-state index contributed by atoms with van der Waals surface area (Å²) in [5.41, 5.74) is 2.74. The van der Waals surface area contributed by atoms with Crippen LogP contribution in [0.1, 0.15) is 17.0 Å². The Hall–Kier alpha value is -2.94. The summed E-state index contributed by atoms with van der Waals surface area (Å²) in [7, 11) is 0. The lowest BCUT2D eigenvalue weighted by atomic mass is 10.2. The minimum atomic E-state index is -0.129.